The molecule has 0 unspecified atom stereocenters. The van der Waals surface area contributed by atoms with E-state index in [4.69, 9.17) is 0 Å². The molecule has 4 heteroatoms. The van der Waals surface area contributed by atoms with Crippen molar-refractivity contribution >= 4 is 11.9 Å². The molecule has 0 radical (unpaired) electrons. The third-order valence-corrected chi connectivity index (χ3v) is 2.18. The summed E-state index contributed by atoms with van der Waals surface area (Å²) >= 11 is 0. The molecule has 1 nitrogen and oxygen atoms in total. The fraction of sp³-hybridized carbons (Fsp3) is 0. The molecule has 0 aromatic heterocycles. The summed E-state index contributed by atoms with van der Waals surface area (Å²) in [4.78, 5) is 3.77. The number of aliphatic imine (C=N–C) groups is 1. The highest BCUT2D eigenvalue weighted by Crippen LogP contribution is 2.17. The summed E-state index contributed by atoms with van der Waals surface area (Å²) in [6, 6.07) is 9.56. The SMILES string of the molecule is Fc1ccccc1N=Cc1cccc(F)c1F. The summed E-state index contributed by atoms with van der Waals surface area (Å²) in [5.74, 6) is -2.46. The number of para-hydroxylation sites is 1. The van der Waals surface area contributed by atoms with Crippen molar-refractivity contribution in [1.29, 1.82) is 0 Å². The maximum Gasteiger partial charge on any atom is 0.167 e. The highest BCUT2D eigenvalue weighted by molar-refractivity contribution is 5.82. The van der Waals surface area contributed by atoms with Gasteiger partial charge in [0.15, 0.2) is 11.6 Å². The van der Waals surface area contributed by atoms with E-state index in [-0.39, 0.29) is 11.3 Å². The molecule has 0 N–H and O–H groups in total. The van der Waals surface area contributed by atoms with Crippen LogP contribution < -0.4 is 0 Å². The lowest BCUT2D eigenvalue weighted by Gasteiger charge is -1.98. The minimum Gasteiger partial charge on any atom is -0.253 e. The summed E-state index contributed by atoms with van der Waals surface area (Å²) in [6.07, 6.45) is 1.09. The van der Waals surface area contributed by atoms with Gasteiger partial charge in [-0.2, -0.15) is 0 Å². The van der Waals surface area contributed by atoms with E-state index in [0.717, 1.165) is 12.3 Å². The second kappa shape index (κ2) is 4.82. The van der Waals surface area contributed by atoms with Crippen molar-refractivity contribution in [2.24, 2.45) is 4.99 Å². The molecule has 0 bridgehead atoms. The molecule has 86 valence electrons. The van der Waals surface area contributed by atoms with Crippen LogP contribution in [0.1, 0.15) is 5.56 Å². The van der Waals surface area contributed by atoms with Crippen molar-refractivity contribution in [3.8, 4) is 0 Å². The van der Waals surface area contributed by atoms with Gasteiger partial charge in [-0.05, 0) is 18.2 Å². The van der Waals surface area contributed by atoms with Gasteiger partial charge < -0.3 is 0 Å². The highest BCUT2D eigenvalue weighted by Gasteiger charge is 2.05. The minimum absolute atomic E-state index is 0.0201. The molecule has 17 heavy (non-hydrogen) atoms. The molecule has 0 saturated heterocycles. The molecule has 0 aliphatic heterocycles. The van der Waals surface area contributed by atoms with Crippen molar-refractivity contribution < 1.29 is 13.2 Å². The summed E-state index contributed by atoms with van der Waals surface area (Å²) in [5.41, 5.74) is 0.0596. The zero-order valence-electron chi connectivity index (χ0n) is 8.70. The molecule has 0 fully saturated rings. The molecule has 0 aliphatic rings. The summed E-state index contributed by atoms with van der Waals surface area (Å²) in [7, 11) is 0. The van der Waals surface area contributed by atoms with E-state index in [2.05, 4.69) is 4.99 Å². The van der Waals surface area contributed by atoms with E-state index in [1.54, 1.807) is 6.07 Å². The molecule has 0 amide bonds. The van der Waals surface area contributed by atoms with E-state index < -0.39 is 17.5 Å². The summed E-state index contributed by atoms with van der Waals surface area (Å²) < 4.78 is 39.3. The van der Waals surface area contributed by atoms with Gasteiger partial charge in [-0.25, -0.2) is 13.2 Å². The third-order valence-electron chi connectivity index (χ3n) is 2.18. The van der Waals surface area contributed by atoms with Gasteiger partial charge in [-0.15, -0.1) is 0 Å². The summed E-state index contributed by atoms with van der Waals surface area (Å²) in [6.45, 7) is 0. The Labute approximate surface area is 96.2 Å². The molecular formula is C13H8F3N. The molecule has 2 aromatic carbocycles. The van der Waals surface area contributed by atoms with E-state index in [9.17, 15) is 13.2 Å². The predicted octanol–water partition coefficient (Wildman–Crippen LogP) is 3.85. The van der Waals surface area contributed by atoms with Crippen molar-refractivity contribution in [3.63, 3.8) is 0 Å². The van der Waals surface area contributed by atoms with Crippen LogP contribution >= 0.6 is 0 Å². The second-order valence-electron chi connectivity index (χ2n) is 3.35. The van der Waals surface area contributed by atoms with Gasteiger partial charge in [-0.1, -0.05) is 24.3 Å². The smallest absolute Gasteiger partial charge is 0.167 e. The molecule has 0 atom stereocenters. The quantitative estimate of drug-likeness (QED) is 0.701. The molecular weight excluding hydrogens is 227 g/mol. The second-order valence-corrected chi connectivity index (χ2v) is 3.35. The van der Waals surface area contributed by atoms with Gasteiger partial charge in [-0.3, -0.25) is 4.99 Å². The van der Waals surface area contributed by atoms with Gasteiger partial charge >= 0.3 is 0 Å². The van der Waals surface area contributed by atoms with Gasteiger partial charge in [0.05, 0.1) is 5.69 Å². The van der Waals surface area contributed by atoms with Gasteiger partial charge in [0, 0.05) is 11.8 Å². The molecule has 0 saturated carbocycles. The first-order valence-corrected chi connectivity index (χ1v) is 4.91. The van der Waals surface area contributed by atoms with Crippen LogP contribution in [0.2, 0.25) is 0 Å². The average molecular weight is 235 g/mol. The first-order valence-electron chi connectivity index (χ1n) is 4.91. The number of rotatable bonds is 2. The molecule has 0 heterocycles. The number of halogens is 3. The monoisotopic (exact) mass is 235 g/mol. The maximum absolute atomic E-state index is 13.2. The molecule has 0 aliphatic carbocycles. The Balaban J connectivity index is 2.33. The van der Waals surface area contributed by atoms with Crippen LogP contribution in [0.3, 0.4) is 0 Å². The standard InChI is InChI=1S/C13H8F3N/c14-10-5-1-2-7-12(10)17-8-9-4-3-6-11(15)13(9)16/h1-8H. The number of nitrogens with zero attached hydrogens (tertiary/aromatic N) is 1. The van der Waals surface area contributed by atoms with Crippen molar-refractivity contribution in [3.05, 3.63) is 65.5 Å². The van der Waals surface area contributed by atoms with E-state index in [0.29, 0.717) is 0 Å². The van der Waals surface area contributed by atoms with Gasteiger partial charge in [0.25, 0.3) is 0 Å². The van der Waals surface area contributed by atoms with Crippen LogP contribution in [0.25, 0.3) is 0 Å². The van der Waals surface area contributed by atoms with Crippen LogP contribution in [-0.2, 0) is 0 Å². The fourth-order valence-corrected chi connectivity index (χ4v) is 1.32. The van der Waals surface area contributed by atoms with E-state index >= 15 is 0 Å². The Hall–Kier alpha value is -2.10. The lowest BCUT2D eigenvalue weighted by molar-refractivity contribution is 0.507. The van der Waals surface area contributed by atoms with Crippen LogP contribution in [0.5, 0.6) is 0 Å². The Kier molecular flexibility index (Phi) is 3.23. The highest BCUT2D eigenvalue weighted by atomic mass is 19.2. The van der Waals surface area contributed by atoms with Crippen LogP contribution in [0.15, 0.2) is 47.5 Å². The van der Waals surface area contributed by atoms with Gasteiger partial charge in [0.2, 0.25) is 0 Å². The fourth-order valence-electron chi connectivity index (χ4n) is 1.32. The average Bonchev–Trinajstić information content (AvgIpc) is 2.33. The lowest BCUT2D eigenvalue weighted by Crippen LogP contribution is -1.91. The van der Waals surface area contributed by atoms with Crippen molar-refractivity contribution in [2.45, 2.75) is 0 Å². The summed E-state index contributed by atoms with van der Waals surface area (Å²) in [5, 5.41) is 0. The molecule has 0 spiro atoms. The molecule has 2 rings (SSSR count). The Morgan fingerprint density at radius 2 is 1.53 bits per heavy atom. The van der Waals surface area contributed by atoms with E-state index in [1.165, 1.54) is 30.3 Å². The topological polar surface area (TPSA) is 12.4 Å². The van der Waals surface area contributed by atoms with Crippen molar-refractivity contribution in [2.75, 3.05) is 0 Å². The number of hydrogen-bond donors (Lipinski definition) is 0. The normalized spacial score (nSPS) is 11.0. The van der Waals surface area contributed by atoms with Crippen LogP contribution in [0, 0.1) is 17.5 Å². The predicted molar refractivity (Wildman–Crippen MR) is 60.0 cm³/mol. The third kappa shape index (κ3) is 2.53. The van der Waals surface area contributed by atoms with Gasteiger partial charge in [0.1, 0.15) is 5.82 Å². The lowest BCUT2D eigenvalue weighted by atomic mass is 10.2. The first-order chi connectivity index (χ1) is 8.18. The van der Waals surface area contributed by atoms with Crippen LogP contribution in [-0.4, -0.2) is 6.21 Å². The Morgan fingerprint density at radius 1 is 0.824 bits per heavy atom. The number of benzene rings is 2. The van der Waals surface area contributed by atoms with E-state index in [1.807, 2.05) is 0 Å². The van der Waals surface area contributed by atoms with Crippen LogP contribution in [0.4, 0.5) is 18.9 Å². The Morgan fingerprint density at radius 3 is 2.29 bits per heavy atom. The molecule has 2 aromatic rings. The van der Waals surface area contributed by atoms with Crippen molar-refractivity contribution in [1.82, 2.24) is 0 Å². The first kappa shape index (κ1) is 11.4. The minimum atomic E-state index is -0.993. The largest absolute Gasteiger partial charge is 0.253 e. The number of hydrogen-bond acceptors (Lipinski definition) is 1. The maximum atomic E-state index is 13.2. The zero-order chi connectivity index (χ0) is 12.3. The zero-order valence-corrected chi connectivity index (χ0v) is 8.70. The Bertz CT molecular complexity index is 564.